The molecule has 2 heterocycles. The van der Waals surface area contributed by atoms with E-state index in [4.69, 9.17) is 0 Å². The first kappa shape index (κ1) is 18.2. The third kappa shape index (κ3) is 6.47. The van der Waals surface area contributed by atoms with Crippen molar-refractivity contribution in [3.63, 3.8) is 0 Å². The van der Waals surface area contributed by atoms with E-state index in [9.17, 15) is 4.79 Å². The third-order valence-corrected chi connectivity index (χ3v) is 5.09. The van der Waals surface area contributed by atoms with Crippen molar-refractivity contribution in [2.75, 3.05) is 37.6 Å². The number of nitrogens with zero attached hydrogens (tertiary/aromatic N) is 3. The van der Waals surface area contributed by atoms with E-state index < -0.39 is 0 Å². The highest BCUT2D eigenvalue weighted by molar-refractivity contribution is 7.13. The summed E-state index contributed by atoms with van der Waals surface area (Å²) in [6.07, 6.45) is 5.34. The first-order chi connectivity index (χ1) is 11.0. The van der Waals surface area contributed by atoms with Gasteiger partial charge in [0.25, 0.3) is 0 Å². The summed E-state index contributed by atoms with van der Waals surface area (Å²) in [5.41, 5.74) is 0. The van der Waals surface area contributed by atoms with Crippen LogP contribution in [0.1, 0.15) is 40.0 Å². The number of amides is 1. The van der Waals surface area contributed by atoms with Crippen LogP contribution in [0, 0.1) is 5.92 Å². The molecule has 1 aliphatic heterocycles. The Labute approximate surface area is 144 Å². The number of thiazole rings is 1. The second-order valence-corrected chi connectivity index (χ2v) is 7.74. The number of aromatic nitrogens is 1. The van der Waals surface area contributed by atoms with Crippen LogP contribution in [0.3, 0.4) is 0 Å². The van der Waals surface area contributed by atoms with Crippen LogP contribution < -0.4 is 10.2 Å². The summed E-state index contributed by atoms with van der Waals surface area (Å²) in [7, 11) is 0. The molecular formula is C17H30N4OS. The van der Waals surface area contributed by atoms with Crippen LogP contribution in [0.15, 0.2) is 11.6 Å². The van der Waals surface area contributed by atoms with Crippen molar-refractivity contribution in [2.24, 2.45) is 5.92 Å². The van der Waals surface area contributed by atoms with E-state index in [1.165, 1.54) is 12.8 Å². The maximum absolute atomic E-state index is 12.2. The molecule has 1 atom stereocenters. The maximum atomic E-state index is 12.2. The molecule has 0 bridgehead atoms. The second-order valence-electron chi connectivity index (χ2n) is 6.87. The first-order valence-corrected chi connectivity index (χ1v) is 9.58. The average Bonchev–Trinajstić information content (AvgIpc) is 3.01. The number of piperazine rings is 1. The molecule has 130 valence electrons. The Balaban J connectivity index is 1.62. The maximum Gasteiger partial charge on any atom is 0.234 e. The fourth-order valence-corrected chi connectivity index (χ4v) is 3.59. The fraction of sp³-hybridized carbons (Fsp3) is 0.765. The van der Waals surface area contributed by atoms with Crippen LogP contribution in [0.5, 0.6) is 0 Å². The summed E-state index contributed by atoms with van der Waals surface area (Å²) in [4.78, 5) is 21.0. The summed E-state index contributed by atoms with van der Waals surface area (Å²) < 4.78 is 0. The van der Waals surface area contributed by atoms with Gasteiger partial charge in [-0.1, -0.05) is 26.7 Å². The van der Waals surface area contributed by atoms with E-state index in [0.717, 1.165) is 43.6 Å². The molecule has 0 saturated carbocycles. The molecule has 23 heavy (non-hydrogen) atoms. The Morgan fingerprint density at radius 1 is 1.26 bits per heavy atom. The van der Waals surface area contributed by atoms with E-state index in [-0.39, 0.29) is 11.9 Å². The Hall–Kier alpha value is -1.14. The van der Waals surface area contributed by atoms with Gasteiger partial charge >= 0.3 is 0 Å². The van der Waals surface area contributed by atoms with Gasteiger partial charge in [0.15, 0.2) is 5.13 Å². The number of hydrogen-bond acceptors (Lipinski definition) is 5. The van der Waals surface area contributed by atoms with Crippen molar-refractivity contribution in [1.29, 1.82) is 0 Å². The average molecular weight is 339 g/mol. The van der Waals surface area contributed by atoms with Crippen LogP contribution in [0.4, 0.5) is 5.13 Å². The van der Waals surface area contributed by atoms with Gasteiger partial charge in [-0.25, -0.2) is 4.98 Å². The van der Waals surface area contributed by atoms with E-state index in [1.54, 1.807) is 11.3 Å². The van der Waals surface area contributed by atoms with Crippen molar-refractivity contribution in [3.05, 3.63) is 11.6 Å². The summed E-state index contributed by atoms with van der Waals surface area (Å²) in [6.45, 7) is 10.9. The normalized spacial score (nSPS) is 17.5. The van der Waals surface area contributed by atoms with Gasteiger partial charge in [-0.2, -0.15) is 0 Å². The predicted octanol–water partition coefficient (Wildman–Crippen LogP) is 2.60. The van der Waals surface area contributed by atoms with E-state index in [2.05, 4.69) is 40.9 Å². The minimum Gasteiger partial charge on any atom is -0.353 e. The molecule has 1 aromatic heterocycles. The molecule has 1 saturated heterocycles. The molecule has 1 aliphatic rings. The minimum absolute atomic E-state index is 0.157. The third-order valence-electron chi connectivity index (χ3n) is 4.26. The van der Waals surface area contributed by atoms with Gasteiger partial charge in [-0.05, 0) is 19.3 Å². The van der Waals surface area contributed by atoms with Crippen molar-refractivity contribution < 1.29 is 4.79 Å². The van der Waals surface area contributed by atoms with Crippen molar-refractivity contribution in [1.82, 2.24) is 15.2 Å². The van der Waals surface area contributed by atoms with Gasteiger partial charge in [-0.3, -0.25) is 9.69 Å². The lowest BCUT2D eigenvalue weighted by Crippen LogP contribution is -2.50. The molecule has 0 spiro atoms. The first-order valence-electron chi connectivity index (χ1n) is 8.70. The van der Waals surface area contributed by atoms with E-state index in [1.807, 2.05) is 11.6 Å². The molecule has 0 aliphatic carbocycles. The topological polar surface area (TPSA) is 48.5 Å². The van der Waals surface area contributed by atoms with Gasteiger partial charge in [0, 0.05) is 43.8 Å². The molecule has 1 fully saturated rings. The van der Waals surface area contributed by atoms with Crippen molar-refractivity contribution in [2.45, 2.75) is 46.1 Å². The van der Waals surface area contributed by atoms with Crippen LogP contribution in [0.25, 0.3) is 0 Å². The molecule has 1 amide bonds. The molecule has 0 aromatic carbocycles. The van der Waals surface area contributed by atoms with Crippen molar-refractivity contribution in [3.8, 4) is 0 Å². The Morgan fingerprint density at radius 2 is 2.00 bits per heavy atom. The van der Waals surface area contributed by atoms with E-state index in [0.29, 0.717) is 6.54 Å². The summed E-state index contributed by atoms with van der Waals surface area (Å²) in [5, 5.41) is 6.24. The fourth-order valence-electron chi connectivity index (χ4n) is 2.90. The number of carbonyl (C=O) groups is 1. The number of carbonyl (C=O) groups excluding carboxylic acids is 1. The van der Waals surface area contributed by atoms with E-state index >= 15 is 0 Å². The zero-order chi connectivity index (χ0) is 16.7. The largest absolute Gasteiger partial charge is 0.353 e. The van der Waals surface area contributed by atoms with Gasteiger partial charge in [-0.15, -0.1) is 11.3 Å². The van der Waals surface area contributed by atoms with Gasteiger partial charge < -0.3 is 10.2 Å². The molecule has 6 heteroatoms. The quantitative estimate of drug-likeness (QED) is 0.791. The lowest BCUT2D eigenvalue weighted by atomic mass is 10.0. The highest BCUT2D eigenvalue weighted by Crippen LogP contribution is 2.18. The number of rotatable bonds is 8. The highest BCUT2D eigenvalue weighted by atomic mass is 32.1. The smallest absolute Gasteiger partial charge is 0.234 e. The number of nitrogens with one attached hydrogen (secondary N) is 1. The second kappa shape index (κ2) is 9.23. The summed E-state index contributed by atoms with van der Waals surface area (Å²) in [5.74, 6) is 0.900. The Bertz CT molecular complexity index is 455. The van der Waals surface area contributed by atoms with Crippen LogP contribution in [-0.2, 0) is 4.79 Å². The molecule has 5 nitrogen and oxygen atoms in total. The Morgan fingerprint density at radius 3 is 2.61 bits per heavy atom. The monoisotopic (exact) mass is 338 g/mol. The summed E-state index contributed by atoms with van der Waals surface area (Å²) in [6, 6.07) is 0.276. The molecule has 1 aromatic rings. The lowest BCUT2D eigenvalue weighted by Gasteiger charge is -2.34. The van der Waals surface area contributed by atoms with Crippen molar-refractivity contribution >= 4 is 22.4 Å². The standard InChI is InChI=1S/C17H30N4OS/c1-14(2)5-4-6-15(3)19-16(22)13-20-8-10-21(11-9-20)17-18-7-12-23-17/h7,12,14-15H,4-6,8-11,13H2,1-3H3,(H,19,22). The molecule has 0 radical (unpaired) electrons. The minimum atomic E-state index is 0.157. The number of anilines is 1. The number of hydrogen-bond donors (Lipinski definition) is 1. The predicted molar refractivity (Wildman–Crippen MR) is 97.1 cm³/mol. The Kier molecular flexibility index (Phi) is 7.30. The van der Waals surface area contributed by atoms with Gasteiger partial charge in [0.2, 0.25) is 5.91 Å². The summed E-state index contributed by atoms with van der Waals surface area (Å²) >= 11 is 1.68. The SMILES string of the molecule is CC(C)CCCC(C)NC(=O)CN1CCN(c2nccs2)CC1. The van der Waals surface area contributed by atoms with Crippen LogP contribution in [-0.4, -0.2) is 54.6 Å². The van der Waals surface area contributed by atoms with Crippen LogP contribution in [0.2, 0.25) is 0 Å². The van der Waals surface area contributed by atoms with Crippen LogP contribution >= 0.6 is 11.3 Å². The zero-order valence-electron chi connectivity index (χ0n) is 14.6. The molecular weight excluding hydrogens is 308 g/mol. The molecule has 1 N–H and O–H groups in total. The molecule has 1 unspecified atom stereocenters. The zero-order valence-corrected chi connectivity index (χ0v) is 15.4. The highest BCUT2D eigenvalue weighted by Gasteiger charge is 2.20. The lowest BCUT2D eigenvalue weighted by molar-refractivity contribution is -0.123. The van der Waals surface area contributed by atoms with Gasteiger partial charge in [0.05, 0.1) is 6.54 Å². The molecule has 2 rings (SSSR count). The van der Waals surface area contributed by atoms with Gasteiger partial charge in [0.1, 0.15) is 0 Å².